The number of carbonyl (C=O) groups is 2. The molecule has 294 valence electrons. The fourth-order valence-corrected chi connectivity index (χ4v) is 6.50. The van der Waals surface area contributed by atoms with Gasteiger partial charge in [-0.15, -0.1) is 0 Å². The third kappa shape index (κ3) is 37.7. The van der Waals surface area contributed by atoms with E-state index < -0.39 is 6.10 Å². The molecule has 4 heteroatoms. The first-order valence-corrected chi connectivity index (χ1v) is 22.2. The Hall–Kier alpha value is -1.58. The van der Waals surface area contributed by atoms with Crippen molar-refractivity contribution < 1.29 is 19.1 Å². The maximum absolute atomic E-state index is 13.0. The highest BCUT2D eigenvalue weighted by Gasteiger charge is 2.24. The largest absolute Gasteiger partial charge is 0.463 e. The number of esters is 2. The molecule has 0 fully saturated rings. The molecule has 0 saturated heterocycles. The number of unbranched alkanes of at least 4 members (excludes halogenated alkanes) is 25. The highest BCUT2D eigenvalue weighted by atomic mass is 16.6. The van der Waals surface area contributed by atoms with Crippen LogP contribution in [-0.4, -0.2) is 24.6 Å². The lowest BCUT2D eigenvalue weighted by atomic mass is 10.0. The van der Waals surface area contributed by atoms with Gasteiger partial charge < -0.3 is 9.47 Å². The van der Waals surface area contributed by atoms with Crippen molar-refractivity contribution in [2.45, 2.75) is 246 Å². The van der Waals surface area contributed by atoms with E-state index in [0.29, 0.717) is 19.4 Å². The van der Waals surface area contributed by atoms with Crippen molar-refractivity contribution in [2.75, 3.05) is 6.61 Å². The number of rotatable bonds is 39. The van der Waals surface area contributed by atoms with Gasteiger partial charge >= 0.3 is 11.9 Å². The van der Waals surface area contributed by atoms with Gasteiger partial charge in [0.1, 0.15) is 0 Å². The van der Waals surface area contributed by atoms with Gasteiger partial charge in [-0.25, -0.2) is 4.79 Å². The third-order valence-electron chi connectivity index (χ3n) is 9.86. The topological polar surface area (TPSA) is 52.6 Å². The zero-order chi connectivity index (χ0) is 36.6. The van der Waals surface area contributed by atoms with Crippen LogP contribution in [0.4, 0.5) is 0 Å². The van der Waals surface area contributed by atoms with Crippen LogP contribution in [0.2, 0.25) is 0 Å². The van der Waals surface area contributed by atoms with E-state index in [1.807, 2.05) is 0 Å². The summed E-state index contributed by atoms with van der Waals surface area (Å²) in [6.45, 7) is 9.51. The first kappa shape index (κ1) is 48.4. The number of carbonyl (C=O) groups excluding carboxylic acids is 2. The summed E-state index contributed by atoms with van der Waals surface area (Å²) in [6, 6.07) is 0. The molecule has 50 heavy (non-hydrogen) atoms. The first-order valence-electron chi connectivity index (χ1n) is 22.2. The molecule has 1 atom stereocenters. The van der Waals surface area contributed by atoms with Gasteiger partial charge in [-0.1, -0.05) is 200 Å². The van der Waals surface area contributed by atoms with Crippen LogP contribution in [0.15, 0.2) is 24.3 Å². The quantitative estimate of drug-likeness (QED) is 0.0363. The summed E-state index contributed by atoms with van der Waals surface area (Å²) in [5, 5.41) is 0. The van der Waals surface area contributed by atoms with Crippen molar-refractivity contribution in [3.8, 4) is 0 Å². The predicted molar refractivity (Wildman–Crippen MR) is 218 cm³/mol. The van der Waals surface area contributed by atoms with E-state index in [9.17, 15) is 9.59 Å². The lowest BCUT2D eigenvalue weighted by Crippen LogP contribution is -2.29. The second-order valence-corrected chi connectivity index (χ2v) is 15.5. The molecular formula is C46H86O4. The van der Waals surface area contributed by atoms with E-state index in [-0.39, 0.29) is 11.9 Å². The molecule has 4 nitrogen and oxygen atoms in total. The molecule has 0 radical (unpaired) electrons. The normalized spacial score (nSPS) is 12.4. The minimum absolute atomic E-state index is 0.242. The highest BCUT2D eigenvalue weighted by Crippen LogP contribution is 2.17. The average Bonchev–Trinajstić information content (AvgIpc) is 3.10. The molecule has 0 aromatic carbocycles. The van der Waals surface area contributed by atoms with Gasteiger partial charge in [0, 0.05) is 6.42 Å². The molecule has 1 unspecified atom stereocenters. The Labute approximate surface area is 312 Å². The molecule has 0 rings (SSSR count). The standard InChI is InChI=1S/C46H86O4/c1-5-7-9-11-13-15-17-19-21-23-25-27-29-33-37-41-45(47)50-44(46(48)49-42-38-34-30-31-35-39-43(3)4)40-36-32-28-26-24-22-20-18-16-14-12-10-8-6-2/h13,15,19,21,43-44H,5-12,14,16-18,20,22-42H2,1-4H3/b15-13-,21-19-. The Balaban J connectivity index is 4.23. The van der Waals surface area contributed by atoms with Crippen molar-refractivity contribution in [3.63, 3.8) is 0 Å². The van der Waals surface area contributed by atoms with Crippen LogP contribution < -0.4 is 0 Å². The van der Waals surface area contributed by atoms with Crippen LogP contribution in [0.5, 0.6) is 0 Å². The predicted octanol–water partition coefficient (Wildman–Crippen LogP) is 15.1. The van der Waals surface area contributed by atoms with Crippen molar-refractivity contribution >= 4 is 11.9 Å². The van der Waals surface area contributed by atoms with E-state index in [1.54, 1.807) is 0 Å². The summed E-state index contributed by atoms with van der Waals surface area (Å²) in [5.74, 6) is 0.187. The Morgan fingerprint density at radius 1 is 0.480 bits per heavy atom. The summed E-state index contributed by atoms with van der Waals surface area (Å²) in [7, 11) is 0. The van der Waals surface area contributed by atoms with Crippen LogP contribution in [-0.2, 0) is 19.1 Å². The van der Waals surface area contributed by atoms with Gasteiger partial charge in [-0.05, 0) is 63.7 Å². The summed E-state index contributed by atoms with van der Waals surface area (Å²) in [6.07, 6.45) is 47.3. The Morgan fingerprint density at radius 2 is 0.900 bits per heavy atom. The fourth-order valence-electron chi connectivity index (χ4n) is 6.50. The molecular weight excluding hydrogens is 617 g/mol. The Kier molecular flexibility index (Phi) is 38.9. The second-order valence-electron chi connectivity index (χ2n) is 15.5. The number of allylic oxidation sites excluding steroid dienone is 4. The fraction of sp³-hybridized carbons (Fsp3) is 0.870. The van der Waals surface area contributed by atoms with Gasteiger partial charge in [0.2, 0.25) is 0 Å². The van der Waals surface area contributed by atoms with E-state index >= 15 is 0 Å². The molecule has 0 aliphatic rings. The molecule has 0 aliphatic carbocycles. The van der Waals surface area contributed by atoms with Gasteiger partial charge in [0.25, 0.3) is 0 Å². The van der Waals surface area contributed by atoms with E-state index in [0.717, 1.165) is 63.7 Å². The van der Waals surface area contributed by atoms with Crippen LogP contribution in [0.25, 0.3) is 0 Å². The molecule has 0 amide bonds. The van der Waals surface area contributed by atoms with E-state index in [4.69, 9.17) is 9.47 Å². The van der Waals surface area contributed by atoms with Crippen molar-refractivity contribution in [1.29, 1.82) is 0 Å². The van der Waals surface area contributed by atoms with Gasteiger partial charge in [0.05, 0.1) is 6.61 Å². The minimum Gasteiger partial charge on any atom is -0.463 e. The lowest BCUT2D eigenvalue weighted by Gasteiger charge is -2.17. The molecule has 0 bridgehead atoms. The van der Waals surface area contributed by atoms with Gasteiger partial charge in [-0.3, -0.25) is 4.79 Å². The zero-order valence-corrected chi connectivity index (χ0v) is 34.1. The van der Waals surface area contributed by atoms with Crippen molar-refractivity contribution in [2.24, 2.45) is 5.92 Å². The zero-order valence-electron chi connectivity index (χ0n) is 34.1. The van der Waals surface area contributed by atoms with Crippen LogP contribution in [0.3, 0.4) is 0 Å². The Bertz CT molecular complexity index is 770. The average molecular weight is 703 g/mol. The molecule has 0 saturated carbocycles. The summed E-state index contributed by atoms with van der Waals surface area (Å²) in [5.41, 5.74) is 0. The summed E-state index contributed by atoms with van der Waals surface area (Å²) < 4.78 is 11.4. The maximum Gasteiger partial charge on any atom is 0.347 e. The van der Waals surface area contributed by atoms with Gasteiger partial charge in [0.15, 0.2) is 6.10 Å². The first-order chi connectivity index (χ1) is 24.5. The molecule has 0 N–H and O–H groups in total. The highest BCUT2D eigenvalue weighted by molar-refractivity contribution is 5.79. The van der Waals surface area contributed by atoms with Crippen LogP contribution in [0.1, 0.15) is 240 Å². The smallest absolute Gasteiger partial charge is 0.347 e. The second kappa shape index (κ2) is 40.2. The molecule has 0 spiro atoms. The summed E-state index contributed by atoms with van der Waals surface area (Å²) >= 11 is 0. The monoisotopic (exact) mass is 703 g/mol. The van der Waals surface area contributed by atoms with Crippen molar-refractivity contribution in [3.05, 3.63) is 24.3 Å². The number of hydrogen-bond donors (Lipinski definition) is 0. The number of hydrogen-bond acceptors (Lipinski definition) is 4. The van der Waals surface area contributed by atoms with Crippen LogP contribution >= 0.6 is 0 Å². The number of ether oxygens (including phenoxy) is 2. The molecule has 0 aromatic heterocycles. The third-order valence-corrected chi connectivity index (χ3v) is 9.86. The van der Waals surface area contributed by atoms with Crippen LogP contribution in [0, 0.1) is 5.92 Å². The SMILES string of the molecule is CCCCC/C=C\C/C=C\CCCCCCCC(=O)OC(CCCCCCCCCCCCCCCC)C(=O)OCCCCCCCC(C)C. The van der Waals surface area contributed by atoms with E-state index in [1.165, 1.54) is 141 Å². The lowest BCUT2D eigenvalue weighted by molar-refractivity contribution is -0.168. The molecule has 0 heterocycles. The Morgan fingerprint density at radius 3 is 1.44 bits per heavy atom. The van der Waals surface area contributed by atoms with Gasteiger partial charge in [-0.2, -0.15) is 0 Å². The van der Waals surface area contributed by atoms with Crippen molar-refractivity contribution in [1.82, 2.24) is 0 Å². The summed E-state index contributed by atoms with van der Waals surface area (Å²) in [4.78, 5) is 25.7. The minimum atomic E-state index is -0.746. The molecule has 0 aliphatic heterocycles. The maximum atomic E-state index is 13.0. The van der Waals surface area contributed by atoms with E-state index in [2.05, 4.69) is 52.0 Å². The molecule has 0 aromatic rings.